The predicted octanol–water partition coefficient (Wildman–Crippen LogP) is 2.19. The maximum absolute atomic E-state index is 12.2. The van der Waals surface area contributed by atoms with Gasteiger partial charge in [0.2, 0.25) is 0 Å². The highest BCUT2D eigenvalue weighted by Crippen LogP contribution is 2.21. The van der Waals surface area contributed by atoms with Gasteiger partial charge in [0, 0.05) is 37.8 Å². The van der Waals surface area contributed by atoms with E-state index < -0.39 is 0 Å². The molecule has 0 saturated carbocycles. The molecule has 25 heavy (non-hydrogen) atoms. The normalized spacial score (nSPS) is 17.1. The van der Waals surface area contributed by atoms with Crippen molar-refractivity contribution in [2.24, 2.45) is 13.0 Å². The lowest BCUT2D eigenvalue weighted by molar-refractivity contribution is 0.161. The predicted molar refractivity (Wildman–Crippen MR) is 98.4 cm³/mol. The van der Waals surface area contributed by atoms with Crippen LogP contribution in [0.1, 0.15) is 45.0 Å². The fourth-order valence-electron chi connectivity index (χ4n) is 3.33. The molecule has 0 spiro atoms. The largest absolute Gasteiger partial charge is 0.340 e. The van der Waals surface area contributed by atoms with Gasteiger partial charge >= 0.3 is 0 Å². The van der Waals surface area contributed by atoms with E-state index in [-0.39, 0.29) is 11.0 Å². The second-order valence-electron chi connectivity index (χ2n) is 8.24. The van der Waals surface area contributed by atoms with Gasteiger partial charge in [0.1, 0.15) is 0 Å². The van der Waals surface area contributed by atoms with Crippen LogP contribution in [0.3, 0.4) is 0 Å². The molecule has 1 fully saturated rings. The molecule has 0 atom stereocenters. The molecule has 0 N–H and O–H groups in total. The first-order valence-electron chi connectivity index (χ1n) is 9.09. The van der Waals surface area contributed by atoms with Crippen LogP contribution in [-0.2, 0) is 25.6 Å². The summed E-state index contributed by atoms with van der Waals surface area (Å²) in [5.74, 6) is 0.514. The summed E-state index contributed by atoms with van der Waals surface area (Å²) in [6.45, 7) is 10.1. The Balaban J connectivity index is 1.58. The first kappa shape index (κ1) is 17.9. The van der Waals surface area contributed by atoms with Crippen molar-refractivity contribution >= 4 is 0 Å². The molecule has 0 aromatic carbocycles. The summed E-state index contributed by atoms with van der Waals surface area (Å²) in [7, 11) is 2.00. The summed E-state index contributed by atoms with van der Waals surface area (Å²) in [6, 6.07) is 3.51. The van der Waals surface area contributed by atoms with Gasteiger partial charge in [0.25, 0.3) is 5.56 Å². The highest BCUT2D eigenvalue weighted by Gasteiger charge is 2.22. The first-order chi connectivity index (χ1) is 11.8. The van der Waals surface area contributed by atoms with Crippen molar-refractivity contribution < 1.29 is 0 Å². The van der Waals surface area contributed by atoms with Gasteiger partial charge in [-0.15, -0.1) is 0 Å². The summed E-state index contributed by atoms with van der Waals surface area (Å²) in [5, 5.41) is 4.60. The van der Waals surface area contributed by atoms with Crippen molar-refractivity contribution in [3.05, 3.63) is 46.4 Å². The van der Waals surface area contributed by atoms with E-state index in [0.29, 0.717) is 5.92 Å². The lowest BCUT2D eigenvalue weighted by Crippen LogP contribution is -2.37. The van der Waals surface area contributed by atoms with Crippen LogP contribution >= 0.6 is 0 Å². The summed E-state index contributed by atoms with van der Waals surface area (Å²) < 4.78 is 3.65. The number of rotatable bonds is 4. The highest BCUT2D eigenvalue weighted by atomic mass is 16.1. The number of aryl methyl sites for hydroxylation is 1. The molecule has 3 heterocycles. The van der Waals surface area contributed by atoms with Crippen molar-refractivity contribution in [3.8, 4) is 0 Å². The SMILES string of the molecule is Cn1cnc(CN2CCC(Cn3nc(C(C)(C)C)ccc3=O)CC2)c1. The number of likely N-dealkylation sites (tertiary alicyclic amines) is 1. The average molecular weight is 343 g/mol. The molecule has 0 aliphatic carbocycles. The van der Waals surface area contributed by atoms with Crippen molar-refractivity contribution in [1.82, 2.24) is 24.2 Å². The highest BCUT2D eigenvalue weighted by molar-refractivity contribution is 5.10. The molecule has 1 saturated heterocycles. The van der Waals surface area contributed by atoms with E-state index in [9.17, 15) is 4.79 Å². The Kier molecular flexibility index (Phi) is 5.08. The maximum atomic E-state index is 12.2. The van der Waals surface area contributed by atoms with Crippen LogP contribution < -0.4 is 5.56 Å². The Labute approximate surface area is 149 Å². The van der Waals surface area contributed by atoms with E-state index >= 15 is 0 Å². The zero-order chi connectivity index (χ0) is 18.0. The zero-order valence-corrected chi connectivity index (χ0v) is 15.8. The second kappa shape index (κ2) is 7.12. The number of aromatic nitrogens is 4. The Morgan fingerprint density at radius 1 is 1.20 bits per heavy atom. The Hall–Kier alpha value is -1.95. The summed E-state index contributed by atoms with van der Waals surface area (Å²) in [4.78, 5) is 19.0. The first-order valence-corrected chi connectivity index (χ1v) is 9.09. The molecule has 0 radical (unpaired) electrons. The topological polar surface area (TPSA) is 56.0 Å². The van der Waals surface area contributed by atoms with Crippen LogP contribution in [0, 0.1) is 5.92 Å². The van der Waals surface area contributed by atoms with Gasteiger partial charge in [-0.3, -0.25) is 9.69 Å². The van der Waals surface area contributed by atoms with Gasteiger partial charge in [-0.1, -0.05) is 20.8 Å². The molecular weight excluding hydrogens is 314 g/mol. The molecule has 136 valence electrons. The van der Waals surface area contributed by atoms with Crippen LogP contribution in [0.15, 0.2) is 29.5 Å². The number of hydrogen-bond acceptors (Lipinski definition) is 4. The van der Waals surface area contributed by atoms with Crippen LogP contribution in [0.5, 0.6) is 0 Å². The van der Waals surface area contributed by atoms with E-state index in [1.807, 2.05) is 24.0 Å². The molecule has 1 aliphatic heterocycles. The molecule has 0 bridgehead atoms. The van der Waals surface area contributed by atoms with Crippen LogP contribution in [0.4, 0.5) is 0 Å². The third kappa shape index (κ3) is 4.57. The van der Waals surface area contributed by atoms with Crippen LogP contribution in [-0.4, -0.2) is 37.3 Å². The average Bonchev–Trinajstić information content (AvgIpc) is 2.95. The lowest BCUT2D eigenvalue weighted by Gasteiger charge is -2.31. The van der Waals surface area contributed by atoms with Gasteiger partial charge in [-0.2, -0.15) is 5.10 Å². The fourth-order valence-corrected chi connectivity index (χ4v) is 3.33. The molecule has 2 aromatic heterocycles. The van der Waals surface area contributed by atoms with Crippen LogP contribution in [0.2, 0.25) is 0 Å². The fraction of sp³-hybridized carbons (Fsp3) is 0.632. The standard InChI is InChI=1S/C19H29N5O/c1-19(2,3)17-5-6-18(25)24(21-17)11-15-7-9-23(10-8-15)13-16-12-22(4)14-20-16/h5-6,12,14-15H,7-11,13H2,1-4H3. The molecule has 6 heteroatoms. The van der Waals surface area contributed by atoms with Gasteiger partial charge in [-0.05, 0) is 37.9 Å². The monoisotopic (exact) mass is 343 g/mol. The Morgan fingerprint density at radius 3 is 2.52 bits per heavy atom. The zero-order valence-electron chi connectivity index (χ0n) is 15.8. The minimum absolute atomic E-state index is 0.00363. The van der Waals surface area contributed by atoms with Crippen molar-refractivity contribution in [2.75, 3.05) is 13.1 Å². The molecule has 0 unspecified atom stereocenters. The van der Waals surface area contributed by atoms with E-state index in [1.165, 1.54) is 0 Å². The third-order valence-electron chi connectivity index (χ3n) is 4.92. The molecule has 6 nitrogen and oxygen atoms in total. The number of imidazole rings is 1. The maximum Gasteiger partial charge on any atom is 0.266 e. The third-order valence-corrected chi connectivity index (χ3v) is 4.92. The number of hydrogen-bond donors (Lipinski definition) is 0. The smallest absolute Gasteiger partial charge is 0.266 e. The minimum atomic E-state index is -0.0402. The van der Waals surface area contributed by atoms with E-state index in [0.717, 1.165) is 50.4 Å². The van der Waals surface area contributed by atoms with E-state index in [4.69, 9.17) is 0 Å². The summed E-state index contributed by atoms with van der Waals surface area (Å²) >= 11 is 0. The molecule has 2 aromatic rings. The van der Waals surface area contributed by atoms with E-state index in [1.54, 1.807) is 10.7 Å². The van der Waals surface area contributed by atoms with Gasteiger partial charge in [0.05, 0.1) is 17.7 Å². The molecule has 0 amide bonds. The van der Waals surface area contributed by atoms with Gasteiger partial charge in [-0.25, -0.2) is 9.67 Å². The Morgan fingerprint density at radius 2 is 1.92 bits per heavy atom. The van der Waals surface area contributed by atoms with Gasteiger partial charge in [0.15, 0.2) is 0 Å². The number of nitrogens with zero attached hydrogens (tertiary/aromatic N) is 5. The molecule has 3 rings (SSSR count). The molecule has 1 aliphatic rings. The van der Waals surface area contributed by atoms with Crippen molar-refractivity contribution in [3.63, 3.8) is 0 Å². The van der Waals surface area contributed by atoms with Crippen molar-refractivity contribution in [2.45, 2.75) is 52.1 Å². The quantitative estimate of drug-likeness (QED) is 0.854. The van der Waals surface area contributed by atoms with Crippen LogP contribution in [0.25, 0.3) is 0 Å². The molecular formula is C19H29N5O. The second-order valence-corrected chi connectivity index (χ2v) is 8.24. The van der Waals surface area contributed by atoms with Gasteiger partial charge < -0.3 is 4.57 Å². The lowest BCUT2D eigenvalue weighted by atomic mass is 9.92. The van der Waals surface area contributed by atoms with Crippen molar-refractivity contribution in [1.29, 1.82) is 0 Å². The summed E-state index contributed by atoms with van der Waals surface area (Å²) in [6.07, 6.45) is 6.12. The number of piperidine rings is 1. The summed E-state index contributed by atoms with van der Waals surface area (Å²) in [5.41, 5.74) is 2.06. The minimum Gasteiger partial charge on any atom is -0.340 e. The van der Waals surface area contributed by atoms with E-state index in [2.05, 4.69) is 42.0 Å². The Bertz CT molecular complexity index is 763.